The zero-order valence-electron chi connectivity index (χ0n) is 12.4. The van der Waals surface area contributed by atoms with Crippen LogP contribution in [0.5, 0.6) is 0 Å². The Balaban J connectivity index is 2.11. The maximum absolute atomic E-state index is 12.4. The van der Waals surface area contributed by atoms with Crippen molar-refractivity contribution in [1.29, 1.82) is 0 Å². The summed E-state index contributed by atoms with van der Waals surface area (Å²) in [5, 5.41) is 11.8. The minimum absolute atomic E-state index is 0.207. The molecule has 5 heteroatoms. The molecule has 21 heavy (non-hydrogen) atoms. The fourth-order valence-corrected chi connectivity index (χ4v) is 2.78. The molecule has 0 spiro atoms. The zero-order valence-corrected chi connectivity index (χ0v) is 12.4. The van der Waals surface area contributed by atoms with Crippen LogP contribution >= 0.6 is 0 Å². The average molecular weight is 291 g/mol. The Labute approximate surface area is 124 Å². The lowest BCUT2D eigenvalue weighted by Crippen LogP contribution is -2.34. The first-order valence-corrected chi connectivity index (χ1v) is 7.18. The van der Waals surface area contributed by atoms with Gasteiger partial charge in [0.25, 0.3) is 0 Å². The Morgan fingerprint density at radius 1 is 1.33 bits per heavy atom. The quantitative estimate of drug-likeness (QED) is 0.874. The lowest BCUT2D eigenvalue weighted by atomic mass is 9.95. The van der Waals surface area contributed by atoms with E-state index in [9.17, 15) is 9.59 Å². The van der Waals surface area contributed by atoms with Crippen molar-refractivity contribution < 1.29 is 19.4 Å². The minimum atomic E-state index is -0.980. The second kappa shape index (κ2) is 6.72. The van der Waals surface area contributed by atoms with Crippen LogP contribution in [0.2, 0.25) is 0 Å². The topological polar surface area (TPSA) is 75.6 Å². The van der Waals surface area contributed by atoms with Crippen LogP contribution in [0.1, 0.15) is 30.4 Å². The van der Waals surface area contributed by atoms with Gasteiger partial charge < -0.3 is 15.2 Å². The molecular formula is C16H21NO4. The number of carbonyl (C=O) groups is 2. The second-order valence-electron chi connectivity index (χ2n) is 5.62. The van der Waals surface area contributed by atoms with Crippen molar-refractivity contribution in [3.63, 3.8) is 0 Å². The molecule has 5 nitrogen and oxygen atoms in total. The molecule has 1 aliphatic heterocycles. The van der Waals surface area contributed by atoms with Crippen LogP contribution in [0.15, 0.2) is 18.2 Å². The fourth-order valence-electron chi connectivity index (χ4n) is 2.78. The molecule has 1 heterocycles. The standard InChI is InChI=1S/C16H21NO4/c1-10-6-11(2)8-12(7-10)17-16(20)13(9-15(18)19)14-4-3-5-21-14/h6-8,13-14H,3-5,9H2,1-2H3,(H,17,20)(H,18,19)/t13-,14-/m0/s1. The number of carbonyl (C=O) groups excluding carboxylic acids is 1. The van der Waals surface area contributed by atoms with Gasteiger partial charge in [0.1, 0.15) is 0 Å². The summed E-state index contributed by atoms with van der Waals surface area (Å²) in [5.74, 6) is -1.91. The second-order valence-corrected chi connectivity index (χ2v) is 5.62. The molecule has 0 bridgehead atoms. The van der Waals surface area contributed by atoms with E-state index in [1.807, 2.05) is 32.0 Å². The number of carboxylic acids is 1. The molecule has 1 aliphatic rings. The van der Waals surface area contributed by atoms with Crippen LogP contribution < -0.4 is 5.32 Å². The third-order valence-corrected chi connectivity index (χ3v) is 3.63. The van der Waals surface area contributed by atoms with E-state index in [0.717, 1.165) is 24.0 Å². The molecule has 2 rings (SSSR count). The molecule has 0 radical (unpaired) electrons. The molecule has 1 amide bonds. The number of benzene rings is 1. The van der Waals surface area contributed by atoms with Gasteiger partial charge in [0, 0.05) is 12.3 Å². The number of ether oxygens (including phenoxy) is 1. The highest BCUT2D eigenvalue weighted by atomic mass is 16.5. The van der Waals surface area contributed by atoms with Crippen LogP contribution in [0.4, 0.5) is 5.69 Å². The number of carboxylic acid groups (broad SMARTS) is 1. The lowest BCUT2D eigenvalue weighted by Gasteiger charge is -2.21. The fraction of sp³-hybridized carbons (Fsp3) is 0.500. The molecule has 114 valence electrons. The molecule has 1 aromatic rings. The lowest BCUT2D eigenvalue weighted by molar-refractivity contribution is -0.142. The molecule has 0 saturated carbocycles. The first-order chi connectivity index (χ1) is 9.95. The summed E-state index contributed by atoms with van der Waals surface area (Å²) < 4.78 is 5.50. The van der Waals surface area contributed by atoms with E-state index < -0.39 is 11.9 Å². The van der Waals surface area contributed by atoms with Gasteiger partial charge in [0.05, 0.1) is 18.4 Å². The van der Waals surface area contributed by atoms with E-state index in [1.54, 1.807) is 0 Å². The first kappa shape index (κ1) is 15.5. The van der Waals surface area contributed by atoms with Crippen LogP contribution in [0, 0.1) is 19.8 Å². The minimum Gasteiger partial charge on any atom is -0.481 e. The molecule has 1 saturated heterocycles. The summed E-state index contributed by atoms with van der Waals surface area (Å²) in [6.45, 7) is 4.51. The van der Waals surface area contributed by atoms with E-state index in [0.29, 0.717) is 12.3 Å². The maximum Gasteiger partial charge on any atom is 0.304 e. The van der Waals surface area contributed by atoms with Crippen molar-refractivity contribution in [2.45, 2.75) is 39.2 Å². The summed E-state index contributed by atoms with van der Waals surface area (Å²) in [4.78, 5) is 23.4. The Morgan fingerprint density at radius 2 is 2.00 bits per heavy atom. The van der Waals surface area contributed by atoms with Crippen LogP contribution in [-0.4, -0.2) is 29.7 Å². The van der Waals surface area contributed by atoms with Crippen LogP contribution in [0.3, 0.4) is 0 Å². The molecule has 0 unspecified atom stereocenters. The van der Waals surface area contributed by atoms with E-state index in [-0.39, 0.29) is 18.4 Å². The van der Waals surface area contributed by atoms with Crippen molar-refractivity contribution in [3.8, 4) is 0 Å². The van der Waals surface area contributed by atoms with Crippen molar-refractivity contribution in [2.24, 2.45) is 5.92 Å². The molecular weight excluding hydrogens is 270 g/mol. The van der Waals surface area contributed by atoms with Gasteiger partial charge in [-0.3, -0.25) is 9.59 Å². The summed E-state index contributed by atoms with van der Waals surface area (Å²) in [6, 6.07) is 5.76. The Morgan fingerprint density at radius 3 is 2.52 bits per heavy atom. The van der Waals surface area contributed by atoms with Crippen molar-refractivity contribution in [2.75, 3.05) is 11.9 Å². The third kappa shape index (κ3) is 4.29. The molecule has 1 fully saturated rings. The van der Waals surface area contributed by atoms with Gasteiger partial charge in [-0.05, 0) is 49.9 Å². The Hall–Kier alpha value is -1.88. The molecule has 1 aromatic carbocycles. The number of aliphatic carboxylic acids is 1. The summed E-state index contributed by atoms with van der Waals surface area (Å²) in [5.41, 5.74) is 2.81. The van der Waals surface area contributed by atoms with Crippen molar-refractivity contribution >= 4 is 17.6 Å². The highest BCUT2D eigenvalue weighted by Crippen LogP contribution is 2.25. The van der Waals surface area contributed by atoms with Gasteiger partial charge in [-0.2, -0.15) is 0 Å². The Bertz CT molecular complexity index is 515. The third-order valence-electron chi connectivity index (χ3n) is 3.63. The van der Waals surface area contributed by atoms with E-state index in [2.05, 4.69) is 5.32 Å². The SMILES string of the molecule is Cc1cc(C)cc(NC(=O)[C@@H](CC(=O)O)[C@@H]2CCCO2)c1. The highest BCUT2D eigenvalue weighted by Gasteiger charge is 2.33. The number of rotatable bonds is 5. The monoisotopic (exact) mass is 291 g/mol. The summed E-state index contributed by atoms with van der Waals surface area (Å²) >= 11 is 0. The average Bonchev–Trinajstić information content (AvgIpc) is 2.87. The van der Waals surface area contributed by atoms with E-state index in [1.165, 1.54) is 0 Å². The summed E-state index contributed by atoms with van der Waals surface area (Å²) in [6.07, 6.45) is 1.10. The number of hydrogen-bond acceptors (Lipinski definition) is 3. The van der Waals surface area contributed by atoms with Crippen LogP contribution in [-0.2, 0) is 14.3 Å². The predicted octanol–water partition coefficient (Wildman–Crippen LogP) is 2.51. The first-order valence-electron chi connectivity index (χ1n) is 7.18. The smallest absolute Gasteiger partial charge is 0.304 e. The number of nitrogens with one attached hydrogen (secondary N) is 1. The predicted molar refractivity (Wildman–Crippen MR) is 79.3 cm³/mol. The van der Waals surface area contributed by atoms with Gasteiger partial charge in [0.2, 0.25) is 5.91 Å². The molecule has 0 aliphatic carbocycles. The van der Waals surface area contributed by atoms with Crippen molar-refractivity contribution in [3.05, 3.63) is 29.3 Å². The number of amides is 1. The Kier molecular flexibility index (Phi) is 4.96. The van der Waals surface area contributed by atoms with Gasteiger partial charge in [0.15, 0.2) is 0 Å². The number of hydrogen-bond donors (Lipinski definition) is 2. The maximum atomic E-state index is 12.4. The molecule has 0 aromatic heterocycles. The highest BCUT2D eigenvalue weighted by molar-refractivity contribution is 5.95. The van der Waals surface area contributed by atoms with Gasteiger partial charge in [-0.1, -0.05) is 6.07 Å². The van der Waals surface area contributed by atoms with E-state index >= 15 is 0 Å². The molecule has 2 N–H and O–H groups in total. The van der Waals surface area contributed by atoms with Crippen molar-refractivity contribution in [1.82, 2.24) is 0 Å². The summed E-state index contributed by atoms with van der Waals surface area (Å²) in [7, 11) is 0. The van der Waals surface area contributed by atoms with Crippen LogP contribution in [0.25, 0.3) is 0 Å². The largest absolute Gasteiger partial charge is 0.481 e. The number of aryl methyl sites for hydroxylation is 2. The van der Waals surface area contributed by atoms with E-state index in [4.69, 9.17) is 9.84 Å². The normalized spacial score (nSPS) is 19.2. The van der Waals surface area contributed by atoms with Gasteiger partial charge >= 0.3 is 5.97 Å². The van der Waals surface area contributed by atoms with Gasteiger partial charge in [-0.15, -0.1) is 0 Å². The molecule has 2 atom stereocenters. The van der Waals surface area contributed by atoms with Gasteiger partial charge in [-0.25, -0.2) is 0 Å². The zero-order chi connectivity index (χ0) is 15.4. The number of anilines is 1.